The molecule has 5 rings (SSSR count). The number of nitrogens with zero attached hydrogens (tertiary/aromatic N) is 2. The molecule has 2 aliphatic rings. The number of hydrogen-bond acceptors (Lipinski definition) is 2. The Labute approximate surface area is 178 Å². The van der Waals surface area contributed by atoms with Crippen molar-refractivity contribution in [3.63, 3.8) is 0 Å². The lowest BCUT2D eigenvalue weighted by atomic mass is 9.98. The van der Waals surface area contributed by atoms with E-state index >= 15 is 0 Å². The highest BCUT2D eigenvalue weighted by molar-refractivity contribution is 6.30. The van der Waals surface area contributed by atoms with Crippen LogP contribution in [0.2, 0.25) is 5.02 Å². The second kappa shape index (κ2) is 7.34. The first-order valence-electron chi connectivity index (χ1n) is 10.3. The molecule has 3 aromatic rings. The summed E-state index contributed by atoms with van der Waals surface area (Å²) in [4.78, 5) is 16.8. The molecule has 1 amide bonds. The number of rotatable bonds is 5. The van der Waals surface area contributed by atoms with Gasteiger partial charge in [-0.05, 0) is 61.3 Å². The summed E-state index contributed by atoms with van der Waals surface area (Å²) >= 11 is 5.91. The molecule has 2 unspecified atom stereocenters. The first kappa shape index (κ1) is 19.5. The van der Waals surface area contributed by atoms with Crippen molar-refractivity contribution < 1.29 is 13.6 Å². The van der Waals surface area contributed by atoms with E-state index in [9.17, 15) is 13.6 Å². The Hall–Kier alpha value is -2.47. The second-order valence-corrected chi connectivity index (χ2v) is 8.87. The van der Waals surface area contributed by atoms with Gasteiger partial charge >= 0.3 is 0 Å². The lowest BCUT2D eigenvalue weighted by Crippen LogP contribution is -2.37. The Morgan fingerprint density at radius 2 is 1.87 bits per heavy atom. The van der Waals surface area contributed by atoms with E-state index in [1.54, 1.807) is 30.6 Å². The molecule has 7 heteroatoms. The van der Waals surface area contributed by atoms with Crippen molar-refractivity contribution in [2.75, 3.05) is 0 Å². The van der Waals surface area contributed by atoms with Crippen molar-refractivity contribution in [3.8, 4) is 0 Å². The number of fused-ring (bicyclic) bond motifs is 2. The molecule has 30 heavy (non-hydrogen) atoms. The van der Waals surface area contributed by atoms with Crippen LogP contribution < -0.4 is 5.32 Å². The van der Waals surface area contributed by atoms with E-state index < -0.39 is 11.6 Å². The number of amides is 1. The molecule has 5 atom stereocenters. The summed E-state index contributed by atoms with van der Waals surface area (Å²) in [6, 6.07) is 9.67. The van der Waals surface area contributed by atoms with Crippen LogP contribution in [0.15, 0.2) is 42.7 Å². The Bertz CT molecular complexity index is 1100. The number of imidazole rings is 1. The highest BCUT2D eigenvalue weighted by Gasteiger charge is 2.59. The van der Waals surface area contributed by atoms with Gasteiger partial charge in [0.25, 0.3) is 5.91 Å². The van der Waals surface area contributed by atoms with Gasteiger partial charge in [-0.3, -0.25) is 4.79 Å². The minimum absolute atomic E-state index is 0.0712. The van der Waals surface area contributed by atoms with E-state index in [-0.39, 0.29) is 18.0 Å². The maximum absolute atomic E-state index is 13.7. The first-order valence-corrected chi connectivity index (χ1v) is 10.7. The average Bonchev–Trinajstić information content (AvgIpc) is 3.04. The lowest BCUT2D eigenvalue weighted by Gasteiger charge is -2.22. The van der Waals surface area contributed by atoms with Crippen LogP contribution in [-0.2, 0) is 0 Å². The van der Waals surface area contributed by atoms with Crippen LogP contribution in [0.4, 0.5) is 8.78 Å². The number of nitrogens with one attached hydrogen (secondary N) is 1. The van der Waals surface area contributed by atoms with Crippen molar-refractivity contribution in [1.29, 1.82) is 0 Å². The quantitative estimate of drug-likeness (QED) is 0.592. The van der Waals surface area contributed by atoms with Crippen molar-refractivity contribution in [2.24, 2.45) is 17.8 Å². The third kappa shape index (κ3) is 3.27. The van der Waals surface area contributed by atoms with Crippen molar-refractivity contribution in [1.82, 2.24) is 14.9 Å². The van der Waals surface area contributed by atoms with E-state index in [1.165, 1.54) is 6.07 Å². The minimum atomic E-state index is -0.871. The zero-order valence-corrected chi connectivity index (χ0v) is 17.2. The van der Waals surface area contributed by atoms with Crippen LogP contribution in [0.3, 0.4) is 0 Å². The molecular formula is C23H22ClF2N3O. The van der Waals surface area contributed by atoms with Crippen LogP contribution in [0.1, 0.15) is 42.6 Å². The van der Waals surface area contributed by atoms with E-state index in [4.69, 9.17) is 11.6 Å². The van der Waals surface area contributed by atoms with Gasteiger partial charge in [0.15, 0.2) is 11.6 Å². The Morgan fingerprint density at radius 1 is 1.20 bits per heavy atom. The molecule has 156 valence electrons. The maximum atomic E-state index is 13.7. The zero-order valence-electron chi connectivity index (χ0n) is 16.5. The molecule has 0 spiro atoms. The monoisotopic (exact) mass is 429 g/mol. The number of carbonyl (C=O) groups is 1. The molecule has 0 saturated heterocycles. The molecular weight excluding hydrogens is 408 g/mol. The van der Waals surface area contributed by atoms with Crippen LogP contribution in [0.5, 0.6) is 0 Å². The third-order valence-corrected chi connectivity index (χ3v) is 7.08. The van der Waals surface area contributed by atoms with E-state index in [0.717, 1.165) is 25.3 Å². The normalized spacial score (nSPS) is 25.9. The molecule has 2 saturated carbocycles. The highest BCUT2D eigenvalue weighted by Crippen LogP contribution is 2.62. The summed E-state index contributed by atoms with van der Waals surface area (Å²) in [5, 5.41) is 3.80. The Kier molecular flexibility index (Phi) is 4.77. The van der Waals surface area contributed by atoms with E-state index in [2.05, 4.69) is 17.2 Å². The SMILES string of the molecule is CC[C@@H](NC(=O)c1ccc(Cl)cc1)C1[C@H]2CC(n3cnc4cc(F)c(F)cc43)C[C@@H]12. The van der Waals surface area contributed by atoms with Crippen LogP contribution in [0, 0.1) is 29.4 Å². The molecule has 1 N–H and O–H groups in total. The van der Waals surface area contributed by atoms with Gasteiger partial charge in [-0.15, -0.1) is 0 Å². The van der Waals surface area contributed by atoms with E-state index in [0.29, 0.717) is 39.4 Å². The molecule has 0 bridgehead atoms. The highest BCUT2D eigenvalue weighted by atomic mass is 35.5. The summed E-state index contributed by atoms with van der Waals surface area (Å²) in [6.07, 6.45) is 4.49. The van der Waals surface area contributed by atoms with Crippen LogP contribution in [0.25, 0.3) is 11.0 Å². The standard InChI is InChI=1S/C23H22ClF2N3O/c1-2-19(28-23(30)12-3-5-13(24)6-4-12)22-15-7-14(8-16(15)22)29-11-27-20-9-17(25)18(26)10-21(20)29/h3-6,9-11,14-16,19,22H,2,7-8H2,1H3,(H,28,30)/t14?,15-,16+,19-,22?/m1/s1. The van der Waals surface area contributed by atoms with Crippen LogP contribution in [-0.4, -0.2) is 21.5 Å². The largest absolute Gasteiger partial charge is 0.349 e. The maximum Gasteiger partial charge on any atom is 0.251 e. The molecule has 0 aliphatic heterocycles. The van der Waals surface area contributed by atoms with Gasteiger partial charge in [0.05, 0.1) is 17.4 Å². The van der Waals surface area contributed by atoms with Crippen molar-refractivity contribution >= 4 is 28.5 Å². The van der Waals surface area contributed by atoms with Gasteiger partial charge < -0.3 is 9.88 Å². The van der Waals surface area contributed by atoms with Gasteiger partial charge in [-0.2, -0.15) is 0 Å². The molecule has 2 aliphatic carbocycles. The minimum Gasteiger partial charge on any atom is -0.349 e. The fraction of sp³-hybridized carbons (Fsp3) is 0.391. The third-order valence-electron chi connectivity index (χ3n) is 6.82. The number of hydrogen-bond donors (Lipinski definition) is 1. The van der Waals surface area contributed by atoms with Gasteiger partial charge in [-0.25, -0.2) is 13.8 Å². The predicted octanol–water partition coefficient (Wildman–Crippen LogP) is 5.37. The fourth-order valence-corrected chi connectivity index (χ4v) is 5.45. The topological polar surface area (TPSA) is 46.9 Å². The van der Waals surface area contributed by atoms with E-state index in [1.807, 2.05) is 4.57 Å². The van der Waals surface area contributed by atoms with Gasteiger partial charge in [0.1, 0.15) is 0 Å². The molecule has 0 radical (unpaired) electrons. The molecule has 2 aromatic carbocycles. The Balaban J connectivity index is 1.26. The summed E-state index contributed by atoms with van der Waals surface area (Å²) < 4.78 is 29.2. The molecule has 4 nitrogen and oxygen atoms in total. The van der Waals surface area contributed by atoms with Crippen molar-refractivity contribution in [2.45, 2.75) is 38.3 Å². The summed E-state index contributed by atoms with van der Waals surface area (Å²) in [6.45, 7) is 2.10. The smallest absolute Gasteiger partial charge is 0.251 e. The Morgan fingerprint density at radius 3 is 2.53 bits per heavy atom. The second-order valence-electron chi connectivity index (χ2n) is 8.43. The number of aromatic nitrogens is 2. The molecule has 1 heterocycles. The summed E-state index contributed by atoms with van der Waals surface area (Å²) in [5.41, 5.74) is 1.73. The van der Waals surface area contributed by atoms with Gasteiger partial charge in [0.2, 0.25) is 0 Å². The average molecular weight is 430 g/mol. The number of benzene rings is 2. The molecule has 1 aromatic heterocycles. The summed E-state index contributed by atoms with van der Waals surface area (Å²) in [5.74, 6) is -0.253. The number of carbonyl (C=O) groups excluding carboxylic acids is 1. The van der Waals surface area contributed by atoms with Gasteiger partial charge in [0, 0.05) is 34.8 Å². The summed E-state index contributed by atoms with van der Waals surface area (Å²) in [7, 11) is 0. The molecule has 2 fully saturated rings. The lowest BCUT2D eigenvalue weighted by molar-refractivity contribution is 0.0927. The van der Waals surface area contributed by atoms with Crippen molar-refractivity contribution in [3.05, 3.63) is 64.9 Å². The predicted molar refractivity (Wildman–Crippen MR) is 111 cm³/mol. The van der Waals surface area contributed by atoms with Crippen LogP contribution >= 0.6 is 11.6 Å². The number of halogens is 3. The first-order chi connectivity index (χ1) is 14.5. The van der Waals surface area contributed by atoms with Gasteiger partial charge in [-0.1, -0.05) is 18.5 Å². The fourth-order valence-electron chi connectivity index (χ4n) is 5.32. The zero-order chi connectivity index (χ0) is 21.0.